The highest BCUT2D eigenvalue weighted by atomic mass is 35.5. The average Bonchev–Trinajstić information content (AvgIpc) is 3.37. The molecule has 0 bridgehead atoms. The highest BCUT2D eigenvalue weighted by Gasteiger charge is 2.46. The van der Waals surface area contributed by atoms with Gasteiger partial charge in [0, 0.05) is 45.6 Å². The number of hydrogen-bond donors (Lipinski definition) is 1. The van der Waals surface area contributed by atoms with Crippen molar-refractivity contribution in [2.24, 2.45) is 5.92 Å². The molecule has 1 aromatic carbocycles. The lowest BCUT2D eigenvalue weighted by Gasteiger charge is -2.38. The third-order valence-electron chi connectivity index (χ3n) is 7.63. The highest BCUT2D eigenvalue weighted by molar-refractivity contribution is 7.89. The van der Waals surface area contributed by atoms with Gasteiger partial charge >= 0.3 is 0 Å². The van der Waals surface area contributed by atoms with Crippen LogP contribution in [0, 0.1) is 5.92 Å². The Balaban J connectivity index is 1.27. The van der Waals surface area contributed by atoms with E-state index >= 15 is 0 Å². The third-order valence-corrected chi connectivity index (χ3v) is 10.5. The van der Waals surface area contributed by atoms with Gasteiger partial charge < -0.3 is 15.0 Å². The molecular formula is C25H36Cl2F2N4O4S. The van der Waals surface area contributed by atoms with E-state index in [2.05, 4.69) is 10.2 Å². The topological polar surface area (TPSA) is 82.2 Å². The van der Waals surface area contributed by atoms with Crippen molar-refractivity contribution < 1.29 is 26.7 Å². The summed E-state index contributed by atoms with van der Waals surface area (Å²) in [6.45, 7) is 4.94. The molecule has 1 N–H and O–H groups in total. The maximum absolute atomic E-state index is 14.3. The van der Waals surface area contributed by atoms with E-state index in [1.54, 1.807) is 4.90 Å². The molecule has 4 rings (SSSR count). The number of ether oxygens (including phenoxy) is 1. The van der Waals surface area contributed by atoms with Gasteiger partial charge in [0.25, 0.3) is 5.92 Å². The minimum absolute atomic E-state index is 0.0839. The number of benzene rings is 1. The van der Waals surface area contributed by atoms with Crippen LogP contribution in [-0.4, -0.2) is 106 Å². The summed E-state index contributed by atoms with van der Waals surface area (Å²) in [6, 6.07) is 3.12. The van der Waals surface area contributed by atoms with Crippen LogP contribution >= 0.6 is 23.2 Å². The number of piperidine rings is 1. The van der Waals surface area contributed by atoms with Gasteiger partial charge in [-0.2, -0.15) is 4.31 Å². The van der Waals surface area contributed by atoms with E-state index in [1.807, 2.05) is 0 Å². The summed E-state index contributed by atoms with van der Waals surface area (Å²) >= 11 is 12.2. The van der Waals surface area contributed by atoms with Crippen LogP contribution in [0.2, 0.25) is 10.0 Å². The summed E-state index contributed by atoms with van der Waals surface area (Å²) in [6.07, 6.45) is 2.28. The second-order valence-electron chi connectivity index (χ2n) is 10.4. The number of nitrogens with zero attached hydrogens (tertiary/aromatic N) is 3. The number of carbonyl (C=O) groups is 1. The summed E-state index contributed by atoms with van der Waals surface area (Å²) in [7, 11) is -4.26. The summed E-state index contributed by atoms with van der Waals surface area (Å²) in [5.74, 6) is -2.50. The number of carbonyl (C=O) groups excluding carboxylic acids is 1. The van der Waals surface area contributed by atoms with Crippen LogP contribution in [0.15, 0.2) is 23.1 Å². The largest absolute Gasteiger partial charge is 0.370 e. The van der Waals surface area contributed by atoms with E-state index in [4.69, 9.17) is 27.9 Å². The number of sulfonamides is 1. The van der Waals surface area contributed by atoms with Crippen molar-refractivity contribution >= 4 is 39.1 Å². The van der Waals surface area contributed by atoms with E-state index < -0.39 is 41.4 Å². The Morgan fingerprint density at radius 3 is 2.50 bits per heavy atom. The van der Waals surface area contributed by atoms with Crippen molar-refractivity contribution in [1.29, 1.82) is 0 Å². The van der Waals surface area contributed by atoms with Crippen molar-refractivity contribution in [2.45, 2.75) is 49.0 Å². The number of hydrogen-bond acceptors (Lipinski definition) is 6. The minimum Gasteiger partial charge on any atom is -0.370 e. The summed E-state index contributed by atoms with van der Waals surface area (Å²) in [5.41, 5.74) is 0. The lowest BCUT2D eigenvalue weighted by Crippen LogP contribution is -2.52. The molecule has 3 aliphatic heterocycles. The molecule has 3 aliphatic rings. The zero-order valence-electron chi connectivity index (χ0n) is 21.4. The summed E-state index contributed by atoms with van der Waals surface area (Å²) < 4.78 is 61.7. The van der Waals surface area contributed by atoms with Gasteiger partial charge in [0.05, 0.1) is 22.7 Å². The van der Waals surface area contributed by atoms with Gasteiger partial charge in [-0.3, -0.25) is 9.69 Å². The van der Waals surface area contributed by atoms with Gasteiger partial charge in [-0.25, -0.2) is 17.2 Å². The van der Waals surface area contributed by atoms with Crippen molar-refractivity contribution in [3.63, 3.8) is 0 Å². The lowest BCUT2D eigenvalue weighted by molar-refractivity contribution is -0.139. The molecule has 13 heteroatoms. The molecular weight excluding hydrogens is 561 g/mol. The fourth-order valence-electron chi connectivity index (χ4n) is 5.47. The quantitative estimate of drug-likeness (QED) is 0.446. The lowest BCUT2D eigenvalue weighted by atomic mass is 10.0. The van der Waals surface area contributed by atoms with Gasteiger partial charge in [0.1, 0.15) is 11.5 Å². The second-order valence-corrected chi connectivity index (χ2v) is 13.0. The Morgan fingerprint density at radius 1 is 1.13 bits per heavy atom. The number of rotatable bonds is 10. The number of halogens is 4. The number of alkyl halides is 2. The Kier molecular flexibility index (Phi) is 10.3. The fraction of sp³-hybridized carbons (Fsp3) is 0.720. The first kappa shape index (κ1) is 29.9. The molecule has 0 aliphatic carbocycles. The van der Waals surface area contributed by atoms with Gasteiger partial charge in [-0.15, -0.1) is 0 Å². The second kappa shape index (κ2) is 13.1. The SMILES string of the molecule is O=C(COC[C@@H]1CC(F)(F)CCN1S(=O)(=O)c1c(Cl)cccc1Cl)N1CCN(CCCC2CCNC2)CC1. The van der Waals surface area contributed by atoms with E-state index in [-0.39, 0.29) is 34.1 Å². The van der Waals surface area contributed by atoms with E-state index in [9.17, 15) is 22.0 Å². The Bertz CT molecular complexity index is 1050. The molecule has 3 saturated heterocycles. The summed E-state index contributed by atoms with van der Waals surface area (Å²) in [4.78, 5) is 16.5. The van der Waals surface area contributed by atoms with Gasteiger partial charge in [0.15, 0.2) is 0 Å². The van der Waals surface area contributed by atoms with Crippen molar-refractivity contribution in [2.75, 3.05) is 65.6 Å². The van der Waals surface area contributed by atoms with Gasteiger partial charge in [-0.05, 0) is 56.9 Å². The molecule has 0 radical (unpaired) electrons. The Labute approximate surface area is 233 Å². The van der Waals surface area contributed by atoms with E-state index in [0.717, 1.165) is 49.4 Å². The predicted molar refractivity (Wildman–Crippen MR) is 142 cm³/mol. The van der Waals surface area contributed by atoms with Gasteiger partial charge in [-0.1, -0.05) is 29.3 Å². The van der Waals surface area contributed by atoms with Crippen LogP contribution in [0.25, 0.3) is 0 Å². The molecule has 3 fully saturated rings. The number of nitrogens with one attached hydrogen (secondary N) is 1. The normalized spacial score (nSPS) is 25.1. The van der Waals surface area contributed by atoms with Crippen LogP contribution in [0.4, 0.5) is 8.78 Å². The monoisotopic (exact) mass is 596 g/mol. The summed E-state index contributed by atoms with van der Waals surface area (Å²) in [5, 5.41) is 3.22. The zero-order chi connectivity index (χ0) is 27.3. The van der Waals surface area contributed by atoms with Crippen molar-refractivity contribution in [1.82, 2.24) is 19.4 Å². The molecule has 38 heavy (non-hydrogen) atoms. The van der Waals surface area contributed by atoms with Crippen LogP contribution in [-0.2, 0) is 19.6 Å². The molecule has 1 aromatic rings. The molecule has 2 atom stereocenters. The Morgan fingerprint density at radius 2 is 1.84 bits per heavy atom. The molecule has 0 saturated carbocycles. The smallest absolute Gasteiger partial charge is 0.251 e. The molecule has 1 unspecified atom stereocenters. The number of amides is 1. The van der Waals surface area contributed by atoms with E-state index in [0.29, 0.717) is 13.1 Å². The fourth-order valence-corrected chi connectivity index (χ4v) is 8.17. The minimum atomic E-state index is -4.26. The molecule has 0 aromatic heterocycles. The molecule has 0 spiro atoms. The maximum Gasteiger partial charge on any atom is 0.251 e. The predicted octanol–water partition coefficient (Wildman–Crippen LogP) is 3.33. The third kappa shape index (κ3) is 7.56. The van der Waals surface area contributed by atoms with Crippen LogP contribution < -0.4 is 5.32 Å². The molecule has 214 valence electrons. The van der Waals surface area contributed by atoms with Crippen molar-refractivity contribution in [3.8, 4) is 0 Å². The standard InChI is InChI=1S/C25H36Cl2F2N4O4S/c26-21-4-1-5-22(27)24(21)38(35,36)33-10-7-25(28,29)15-20(33)17-37-18-23(34)32-13-11-31(12-14-32)9-2-3-19-6-8-30-16-19/h1,4-5,19-20,30H,2-3,6-18H2/t19?,20-/m0/s1. The average molecular weight is 598 g/mol. The van der Waals surface area contributed by atoms with Crippen molar-refractivity contribution in [3.05, 3.63) is 28.2 Å². The highest BCUT2D eigenvalue weighted by Crippen LogP contribution is 2.38. The van der Waals surface area contributed by atoms with Crippen LogP contribution in [0.1, 0.15) is 32.1 Å². The number of piperazine rings is 1. The van der Waals surface area contributed by atoms with Crippen LogP contribution in [0.5, 0.6) is 0 Å². The molecule has 1 amide bonds. The molecule has 3 heterocycles. The maximum atomic E-state index is 14.3. The zero-order valence-corrected chi connectivity index (χ0v) is 23.7. The van der Waals surface area contributed by atoms with Crippen LogP contribution in [0.3, 0.4) is 0 Å². The first-order chi connectivity index (χ1) is 18.1. The van der Waals surface area contributed by atoms with Gasteiger partial charge in [0.2, 0.25) is 15.9 Å². The molecule has 8 nitrogen and oxygen atoms in total. The Hall–Kier alpha value is -1.08. The first-order valence-electron chi connectivity index (χ1n) is 13.2. The first-order valence-corrected chi connectivity index (χ1v) is 15.4. The van der Waals surface area contributed by atoms with E-state index in [1.165, 1.54) is 31.0 Å².